The highest BCUT2D eigenvalue weighted by molar-refractivity contribution is 5.79. The summed E-state index contributed by atoms with van der Waals surface area (Å²) in [4.78, 5) is 23.6. The van der Waals surface area contributed by atoms with Crippen LogP contribution >= 0.6 is 0 Å². The van der Waals surface area contributed by atoms with Crippen LogP contribution in [0.2, 0.25) is 0 Å². The van der Waals surface area contributed by atoms with Crippen molar-refractivity contribution in [3.63, 3.8) is 0 Å². The Morgan fingerprint density at radius 2 is 2.04 bits per heavy atom. The number of amides is 1. The molecular weight excluding hydrogens is 381 g/mol. The van der Waals surface area contributed by atoms with Crippen molar-refractivity contribution in [2.24, 2.45) is 5.92 Å². The number of hydrogen-bond acceptors (Lipinski definition) is 5. The number of nitrogens with zero attached hydrogens (tertiary/aromatic N) is 1. The van der Waals surface area contributed by atoms with Crippen molar-refractivity contribution in [2.75, 3.05) is 13.2 Å². The van der Waals surface area contributed by atoms with Crippen molar-refractivity contribution in [3.05, 3.63) is 24.2 Å². The zero-order valence-corrected chi connectivity index (χ0v) is 15.7. The highest BCUT2D eigenvalue weighted by Crippen LogP contribution is 2.35. The first-order valence-electron chi connectivity index (χ1n) is 9.05. The summed E-state index contributed by atoms with van der Waals surface area (Å²) in [6.07, 6.45) is 0.337. The third kappa shape index (κ3) is 6.23. The molecule has 3 atom stereocenters. The van der Waals surface area contributed by atoms with Crippen molar-refractivity contribution in [3.8, 4) is 0 Å². The van der Waals surface area contributed by atoms with E-state index in [0.717, 1.165) is 32.5 Å². The van der Waals surface area contributed by atoms with Gasteiger partial charge in [-0.2, -0.15) is 13.2 Å². The molecule has 0 bridgehead atoms. The van der Waals surface area contributed by atoms with Crippen molar-refractivity contribution < 1.29 is 37.0 Å². The maximum Gasteiger partial charge on any atom is 0.490 e. The van der Waals surface area contributed by atoms with Crippen LogP contribution in [0, 0.1) is 5.92 Å². The van der Waals surface area contributed by atoms with Gasteiger partial charge in [-0.05, 0) is 32.8 Å². The van der Waals surface area contributed by atoms with Gasteiger partial charge in [-0.15, -0.1) is 0 Å². The van der Waals surface area contributed by atoms with Crippen LogP contribution in [0.15, 0.2) is 23.0 Å². The maximum atomic E-state index is 12.2. The van der Waals surface area contributed by atoms with Gasteiger partial charge in [0.25, 0.3) is 0 Å². The van der Waals surface area contributed by atoms with Crippen molar-refractivity contribution in [2.45, 2.75) is 57.6 Å². The highest BCUT2D eigenvalue weighted by atomic mass is 19.4. The summed E-state index contributed by atoms with van der Waals surface area (Å²) in [7, 11) is 0. The van der Waals surface area contributed by atoms with Gasteiger partial charge in [0, 0.05) is 36.7 Å². The predicted molar refractivity (Wildman–Crippen MR) is 92.3 cm³/mol. The van der Waals surface area contributed by atoms with E-state index in [0.29, 0.717) is 6.04 Å². The number of fused-ring (bicyclic) bond motifs is 1. The second-order valence-electron chi connectivity index (χ2n) is 7.21. The zero-order valence-electron chi connectivity index (χ0n) is 15.7. The summed E-state index contributed by atoms with van der Waals surface area (Å²) in [6.45, 7) is 6.55. The number of alkyl halides is 3. The van der Waals surface area contributed by atoms with Gasteiger partial charge >= 0.3 is 12.1 Å². The monoisotopic (exact) mass is 406 g/mol. The molecule has 0 aromatic carbocycles. The first-order valence-corrected chi connectivity index (χ1v) is 9.05. The van der Waals surface area contributed by atoms with Crippen molar-refractivity contribution >= 4 is 11.9 Å². The van der Waals surface area contributed by atoms with Crippen LogP contribution in [-0.4, -0.2) is 59.4 Å². The Hall–Kier alpha value is -2.07. The molecule has 2 heterocycles. The number of ether oxygens (including phenoxy) is 1. The van der Waals surface area contributed by atoms with Gasteiger partial charge in [-0.25, -0.2) is 4.79 Å². The smallest absolute Gasteiger partial charge is 0.475 e. The quantitative estimate of drug-likeness (QED) is 0.798. The average Bonchev–Trinajstić information content (AvgIpc) is 3.23. The average molecular weight is 406 g/mol. The number of carboxylic acids is 1. The van der Waals surface area contributed by atoms with Gasteiger partial charge in [0.2, 0.25) is 5.91 Å². The van der Waals surface area contributed by atoms with Crippen molar-refractivity contribution in [1.29, 1.82) is 0 Å². The Morgan fingerprint density at radius 1 is 1.36 bits per heavy atom. The van der Waals surface area contributed by atoms with Gasteiger partial charge < -0.3 is 19.6 Å². The lowest BCUT2D eigenvalue weighted by atomic mass is 10.1. The second-order valence-corrected chi connectivity index (χ2v) is 7.21. The van der Waals surface area contributed by atoms with Crippen LogP contribution in [0.5, 0.6) is 0 Å². The minimum atomic E-state index is -5.08. The number of aliphatic carboxylic acids is 1. The minimum absolute atomic E-state index is 0.0762. The van der Waals surface area contributed by atoms with E-state index in [1.54, 1.807) is 12.5 Å². The van der Waals surface area contributed by atoms with E-state index in [1.807, 2.05) is 19.9 Å². The summed E-state index contributed by atoms with van der Waals surface area (Å²) < 4.78 is 42.8. The number of nitrogens with one attached hydrogen (secondary N) is 1. The van der Waals surface area contributed by atoms with Crippen LogP contribution in [0.1, 0.15) is 32.3 Å². The maximum absolute atomic E-state index is 12.2. The van der Waals surface area contributed by atoms with E-state index in [2.05, 4.69) is 10.2 Å². The lowest BCUT2D eigenvalue weighted by Crippen LogP contribution is -2.47. The molecule has 10 heteroatoms. The second kappa shape index (κ2) is 9.42. The lowest BCUT2D eigenvalue weighted by Gasteiger charge is -2.37. The van der Waals surface area contributed by atoms with Crippen molar-refractivity contribution in [1.82, 2.24) is 10.2 Å². The van der Waals surface area contributed by atoms with Crippen LogP contribution in [-0.2, 0) is 20.9 Å². The van der Waals surface area contributed by atoms with Crippen LogP contribution in [0.4, 0.5) is 13.2 Å². The highest BCUT2D eigenvalue weighted by Gasteiger charge is 2.43. The molecule has 1 amide bonds. The third-order valence-electron chi connectivity index (χ3n) is 4.66. The number of rotatable bonds is 4. The largest absolute Gasteiger partial charge is 0.490 e. The Labute approximate surface area is 160 Å². The van der Waals surface area contributed by atoms with Crippen LogP contribution in [0.3, 0.4) is 0 Å². The number of hydrogen-bond donors (Lipinski definition) is 2. The Morgan fingerprint density at radius 3 is 2.57 bits per heavy atom. The first kappa shape index (κ1) is 22.2. The van der Waals surface area contributed by atoms with Gasteiger partial charge in [0.05, 0.1) is 25.2 Å². The fourth-order valence-corrected chi connectivity index (χ4v) is 3.46. The predicted octanol–water partition coefficient (Wildman–Crippen LogP) is 2.42. The molecule has 28 heavy (non-hydrogen) atoms. The summed E-state index contributed by atoms with van der Waals surface area (Å²) >= 11 is 0. The number of halogens is 3. The Balaban J connectivity index is 0.000000345. The summed E-state index contributed by atoms with van der Waals surface area (Å²) in [6, 6.07) is 2.54. The molecule has 1 aromatic heterocycles. The third-order valence-corrected chi connectivity index (χ3v) is 4.66. The molecule has 1 saturated carbocycles. The molecule has 2 aliphatic rings. The molecule has 1 saturated heterocycles. The van der Waals surface area contributed by atoms with Gasteiger partial charge in [-0.1, -0.05) is 0 Å². The fourth-order valence-electron chi connectivity index (χ4n) is 3.46. The zero-order chi connectivity index (χ0) is 20.9. The van der Waals surface area contributed by atoms with E-state index < -0.39 is 12.1 Å². The fraction of sp³-hybridized carbons (Fsp3) is 0.667. The number of morpholine rings is 1. The van der Waals surface area contributed by atoms with E-state index in [4.69, 9.17) is 19.1 Å². The van der Waals surface area contributed by atoms with Gasteiger partial charge in [0.15, 0.2) is 0 Å². The standard InChI is InChI=1S/C16H24N2O3.C2HF3O2/c1-11(2)17-16(19)13-7-14-15(8-13)21-6-4-18(14)9-12-3-5-20-10-12;3-2(4,5)1(6)7/h3,5,10-11,13-15H,4,6-9H2,1-2H3,(H,17,19);(H,6,7)/t13-,14+,15+;/m0./s1. The Bertz CT molecular complexity index is 648. The molecule has 3 rings (SSSR count). The normalized spacial score (nSPS) is 25.0. The molecular formula is C18H25F3N2O5. The van der Waals surface area contributed by atoms with Crippen LogP contribution in [0.25, 0.3) is 0 Å². The van der Waals surface area contributed by atoms with Gasteiger partial charge in [0.1, 0.15) is 0 Å². The minimum Gasteiger partial charge on any atom is -0.475 e. The number of furan rings is 1. The molecule has 1 aliphatic carbocycles. The van der Waals surface area contributed by atoms with E-state index >= 15 is 0 Å². The number of carboxylic acid groups (broad SMARTS) is 1. The SMILES string of the molecule is CC(C)NC(=O)[C@H]1C[C@@H]2[C@@H](C1)OCCN2Cc1ccoc1.O=C(O)C(F)(F)F. The number of carbonyl (C=O) groups excluding carboxylic acids is 1. The first-order chi connectivity index (χ1) is 13.1. The molecule has 2 fully saturated rings. The van der Waals surface area contributed by atoms with E-state index in [1.165, 1.54) is 5.56 Å². The molecule has 1 aromatic rings. The summed E-state index contributed by atoms with van der Waals surface area (Å²) in [5.41, 5.74) is 1.19. The summed E-state index contributed by atoms with van der Waals surface area (Å²) in [5.74, 6) is -2.51. The van der Waals surface area contributed by atoms with Crippen LogP contribution < -0.4 is 5.32 Å². The summed E-state index contributed by atoms with van der Waals surface area (Å²) in [5, 5.41) is 10.2. The van der Waals surface area contributed by atoms with E-state index in [9.17, 15) is 18.0 Å². The Kier molecular flexibility index (Phi) is 7.48. The molecule has 158 valence electrons. The number of carbonyl (C=O) groups is 2. The molecule has 7 nitrogen and oxygen atoms in total. The van der Waals surface area contributed by atoms with Gasteiger partial charge in [-0.3, -0.25) is 9.69 Å². The topological polar surface area (TPSA) is 92.0 Å². The molecule has 0 radical (unpaired) electrons. The lowest BCUT2D eigenvalue weighted by molar-refractivity contribution is -0.192. The molecule has 2 N–H and O–H groups in total. The molecule has 0 spiro atoms. The molecule has 1 aliphatic heterocycles. The van der Waals surface area contributed by atoms with E-state index in [-0.39, 0.29) is 24.0 Å². The molecule has 0 unspecified atom stereocenters.